The lowest BCUT2D eigenvalue weighted by Gasteiger charge is -2.34. The van der Waals surface area contributed by atoms with E-state index >= 15 is 0 Å². The van der Waals surface area contributed by atoms with Gasteiger partial charge < -0.3 is 9.80 Å². The number of hydrogen-bond acceptors (Lipinski definition) is 2. The fourth-order valence-corrected chi connectivity index (χ4v) is 2.70. The molecule has 1 unspecified atom stereocenters. The molecule has 0 bridgehead atoms. The molecule has 1 saturated heterocycles. The third kappa shape index (κ3) is 2.80. The van der Waals surface area contributed by atoms with Crippen LogP contribution >= 0.6 is 11.8 Å². The van der Waals surface area contributed by atoms with Gasteiger partial charge >= 0.3 is 6.03 Å². The minimum atomic E-state index is 0.186. The molecular weight excluding hydrogens is 196 g/mol. The summed E-state index contributed by atoms with van der Waals surface area (Å²) in [4.78, 5) is 15.6. The minimum absolute atomic E-state index is 0.186. The standard InChI is InChI=1S/C10H20N2OS/c1-4-9-8-12(6-7-14-9)10(13)11(3)5-2/h9H,4-8H2,1-3H3. The second-order valence-corrected chi connectivity index (χ2v) is 5.05. The Kier molecular flexibility index (Phi) is 4.58. The molecule has 0 radical (unpaired) electrons. The minimum Gasteiger partial charge on any atom is -0.328 e. The van der Waals surface area contributed by atoms with E-state index in [0.29, 0.717) is 5.25 Å². The normalized spacial score (nSPS) is 22.2. The van der Waals surface area contributed by atoms with Gasteiger partial charge in [-0.25, -0.2) is 4.79 Å². The van der Waals surface area contributed by atoms with E-state index in [1.54, 1.807) is 4.90 Å². The van der Waals surface area contributed by atoms with Crippen LogP contribution in [0.25, 0.3) is 0 Å². The summed E-state index contributed by atoms with van der Waals surface area (Å²) in [5, 5.41) is 0.637. The van der Waals surface area contributed by atoms with Crippen molar-refractivity contribution in [2.24, 2.45) is 0 Å². The zero-order chi connectivity index (χ0) is 10.6. The summed E-state index contributed by atoms with van der Waals surface area (Å²) < 4.78 is 0. The van der Waals surface area contributed by atoms with E-state index in [1.165, 1.54) is 0 Å². The Bertz CT molecular complexity index is 199. The number of urea groups is 1. The second-order valence-electron chi connectivity index (χ2n) is 3.64. The topological polar surface area (TPSA) is 23.6 Å². The van der Waals surface area contributed by atoms with Crippen molar-refractivity contribution < 1.29 is 4.79 Å². The van der Waals surface area contributed by atoms with Crippen molar-refractivity contribution in [2.45, 2.75) is 25.5 Å². The molecule has 1 rings (SSSR count). The van der Waals surface area contributed by atoms with Gasteiger partial charge in [-0.3, -0.25) is 0 Å². The molecule has 14 heavy (non-hydrogen) atoms. The molecule has 1 fully saturated rings. The van der Waals surface area contributed by atoms with Crippen LogP contribution in [-0.4, -0.2) is 53.5 Å². The Morgan fingerprint density at radius 1 is 1.57 bits per heavy atom. The average Bonchev–Trinajstić information content (AvgIpc) is 2.27. The molecule has 3 nitrogen and oxygen atoms in total. The average molecular weight is 216 g/mol. The van der Waals surface area contributed by atoms with Crippen LogP contribution < -0.4 is 0 Å². The first-order valence-corrected chi connectivity index (χ1v) is 6.35. The maximum atomic E-state index is 11.8. The number of rotatable bonds is 2. The Morgan fingerprint density at radius 3 is 2.86 bits per heavy atom. The fourth-order valence-electron chi connectivity index (χ4n) is 1.52. The largest absolute Gasteiger partial charge is 0.328 e. The predicted octanol–water partition coefficient (Wildman–Crippen LogP) is 1.89. The lowest BCUT2D eigenvalue weighted by atomic mass is 10.3. The fraction of sp³-hybridized carbons (Fsp3) is 0.900. The van der Waals surface area contributed by atoms with Gasteiger partial charge in [0.25, 0.3) is 0 Å². The zero-order valence-corrected chi connectivity index (χ0v) is 10.1. The van der Waals surface area contributed by atoms with Crippen molar-refractivity contribution in [3.05, 3.63) is 0 Å². The van der Waals surface area contributed by atoms with Gasteiger partial charge in [0, 0.05) is 37.7 Å². The van der Waals surface area contributed by atoms with Crippen LogP contribution in [0.4, 0.5) is 4.79 Å². The molecule has 4 heteroatoms. The van der Waals surface area contributed by atoms with E-state index in [2.05, 4.69) is 6.92 Å². The van der Waals surface area contributed by atoms with Crippen molar-refractivity contribution in [3.8, 4) is 0 Å². The number of thioether (sulfide) groups is 1. The van der Waals surface area contributed by atoms with Gasteiger partial charge in [-0.15, -0.1) is 0 Å². The lowest BCUT2D eigenvalue weighted by Crippen LogP contribution is -2.47. The summed E-state index contributed by atoms with van der Waals surface area (Å²) in [7, 11) is 1.87. The van der Waals surface area contributed by atoms with Gasteiger partial charge in [0.1, 0.15) is 0 Å². The number of nitrogens with zero attached hydrogens (tertiary/aromatic N) is 2. The Labute approximate surface area is 90.8 Å². The van der Waals surface area contributed by atoms with E-state index < -0.39 is 0 Å². The SMILES string of the molecule is CCC1CN(C(=O)N(C)CC)CCS1. The van der Waals surface area contributed by atoms with Gasteiger partial charge in [0.15, 0.2) is 0 Å². The molecule has 1 aliphatic rings. The van der Waals surface area contributed by atoms with Crippen LogP contribution in [0.2, 0.25) is 0 Å². The van der Waals surface area contributed by atoms with Gasteiger partial charge in [0.05, 0.1) is 0 Å². The second kappa shape index (κ2) is 5.49. The molecule has 0 aromatic carbocycles. The Morgan fingerprint density at radius 2 is 2.29 bits per heavy atom. The summed E-state index contributed by atoms with van der Waals surface area (Å²) >= 11 is 1.99. The van der Waals surface area contributed by atoms with Crippen LogP contribution in [0.1, 0.15) is 20.3 Å². The first-order chi connectivity index (χ1) is 6.69. The molecule has 1 aliphatic heterocycles. The molecule has 0 aromatic heterocycles. The molecule has 2 amide bonds. The Hall–Kier alpha value is -0.380. The van der Waals surface area contributed by atoms with Crippen LogP contribution in [0.3, 0.4) is 0 Å². The van der Waals surface area contributed by atoms with E-state index in [4.69, 9.17) is 0 Å². The highest BCUT2D eigenvalue weighted by Gasteiger charge is 2.24. The van der Waals surface area contributed by atoms with Crippen LogP contribution in [-0.2, 0) is 0 Å². The molecule has 82 valence electrons. The third-order valence-corrected chi connectivity index (χ3v) is 4.04. The van der Waals surface area contributed by atoms with Crippen molar-refractivity contribution in [2.75, 3.05) is 32.4 Å². The Balaban J connectivity index is 2.47. The van der Waals surface area contributed by atoms with Crippen LogP contribution in [0.5, 0.6) is 0 Å². The molecule has 1 atom stereocenters. The number of hydrogen-bond donors (Lipinski definition) is 0. The highest BCUT2D eigenvalue weighted by Crippen LogP contribution is 2.21. The molecule has 0 spiro atoms. The molecule has 0 aliphatic carbocycles. The summed E-state index contributed by atoms with van der Waals surface area (Å²) in [6, 6.07) is 0.186. The van der Waals surface area contributed by atoms with Crippen LogP contribution in [0, 0.1) is 0 Å². The number of carbonyl (C=O) groups is 1. The highest BCUT2D eigenvalue weighted by atomic mass is 32.2. The molecule has 0 saturated carbocycles. The van der Waals surface area contributed by atoms with Gasteiger partial charge in [-0.2, -0.15) is 11.8 Å². The van der Waals surface area contributed by atoms with Gasteiger partial charge in [0.2, 0.25) is 0 Å². The summed E-state index contributed by atoms with van der Waals surface area (Å²) in [5.41, 5.74) is 0. The predicted molar refractivity (Wildman–Crippen MR) is 61.8 cm³/mol. The van der Waals surface area contributed by atoms with E-state index in [0.717, 1.165) is 31.8 Å². The van der Waals surface area contributed by atoms with Crippen LogP contribution in [0.15, 0.2) is 0 Å². The van der Waals surface area contributed by atoms with Crippen molar-refractivity contribution in [1.29, 1.82) is 0 Å². The monoisotopic (exact) mass is 216 g/mol. The van der Waals surface area contributed by atoms with Gasteiger partial charge in [-0.05, 0) is 13.3 Å². The number of amides is 2. The quantitative estimate of drug-likeness (QED) is 0.703. The van der Waals surface area contributed by atoms with E-state index in [9.17, 15) is 4.79 Å². The molecule has 1 heterocycles. The maximum absolute atomic E-state index is 11.8. The van der Waals surface area contributed by atoms with Crippen molar-refractivity contribution >= 4 is 17.8 Å². The first-order valence-electron chi connectivity index (χ1n) is 5.30. The summed E-state index contributed by atoms with van der Waals surface area (Å²) in [6.07, 6.45) is 1.16. The van der Waals surface area contributed by atoms with Crippen molar-refractivity contribution in [1.82, 2.24) is 9.80 Å². The number of carbonyl (C=O) groups excluding carboxylic acids is 1. The first kappa shape index (κ1) is 11.7. The highest BCUT2D eigenvalue weighted by molar-refractivity contribution is 8.00. The maximum Gasteiger partial charge on any atom is 0.319 e. The van der Waals surface area contributed by atoms with Gasteiger partial charge in [-0.1, -0.05) is 6.92 Å². The van der Waals surface area contributed by atoms with Crippen molar-refractivity contribution in [3.63, 3.8) is 0 Å². The molecule has 0 N–H and O–H groups in total. The summed E-state index contributed by atoms with van der Waals surface area (Å²) in [6.45, 7) is 6.82. The van der Waals surface area contributed by atoms with E-state index in [-0.39, 0.29) is 6.03 Å². The summed E-state index contributed by atoms with van der Waals surface area (Å²) in [5.74, 6) is 1.09. The zero-order valence-electron chi connectivity index (χ0n) is 9.32. The molecule has 0 aromatic rings. The third-order valence-electron chi connectivity index (χ3n) is 2.67. The van der Waals surface area contributed by atoms with E-state index in [1.807, 2.05) is 30.6 Å². The lowest BCUT2D eigenvalue weighted by molar-refractivity contribution is 0.166. The molecular formula is C10H20N2OS. The smallest absolute Gasteiger partial charge is 0.319 e.